The molecule has 2 aromatic rings. The molecule has 0 aromatic heterocycles. The predicted molar refractivity (Wildman–Crippen MR) is 107 cm³/mol. The first kappa shape index (κ1) is 20.4. The predicted octanol–water partition coefficient (Wildman–Crippen LogP) is 2.74. The van der Waals surface area contributed by atoms with Crippen LogP contribution in [0.15, 0.2) is 48.5 Å². The van der Waals surface area contributed by atoms with Gasteiger partial charge in [0.05, 0.1) is 10.7 Å². The van der Waals surface area contributed by atoms with Gasteiger partial charge in [0.2, 0.25) is 10.0 Å². The van der Waals surface area contributed by atoms with Crippen LogP contribution >= 0.6 is 0 Å². The van der Waals surface area contributed by atoms with Crippen LogP contribution in [0.2, 0.25) is 0 Å². The zero-order valence-electron chi connectivity index (χ0n) is 15.8. The highest BCUT2D eigenvalue weighted by molar-refractivity contribution is 7.88. The summed E-state index contributed by atoms with van der Waals surface area (Å²) in [4.78, 5) is 13.2. The lowest BCUT2D eigenvalue weighted by molar-refractivity contribution is -0.729. The maximum absolute atomic E-state index is 12.1. The van der Waals surface area contributed by atoms with Gasteiger partial charge in [-0.15, -0.1) is 0 Å². The zero-order chi connectivity index (χ0) is 20.0. The summed E-state index contributed by atoms with van der Waals surface area (Å²) in [6, 6.07) is 14.4. The van der Waals surface area contributed by atoms with E-state index in [2.05, 4.69) is 9.62 Å². The third-order valence-electron chi connectivity index (χ3n) is 4.92. The van der Waals surface area contributed by atoms with Gasteiger partial charge in [-0.3, -0.25) is 4.90 Å². The summed E-state index contributed by atoms with van der Waals surface area (Å²) in [5, 5.41) is 9.06. The first-order valence-electron chi connectivity index (χ1n) is 9.44. The van der Waals surface area contributed by atoms with Gasteiger partial charge in [-0.1, -0.05) is 36.4 Å². The first-order valence-corrected chi connectivity index (χ1v) is 11.1. The van der Waals surface area contributed by atoms with Gasteiger partial charge >= 0.3 is 5.69 Å². The van der Waals surface area contributed by atoms with Gasteiger partial charge in [0.15, 0.2) is 0 Å². The Kier molecular flexibility index (Phi) is 6.77. The Morgan fingerprint density at radius 1 is 1.07 bits per heavy atom. The monoisotopic (exact) mass is 404 g/mol. The summed E-state index contributed by atoms with van der Waals surface area (Å²) in [6.45, 7) is 2.97. The van der Waals surface area contributed by atoms with Gasteiger partial charge in [-0.2, -0.15) is 0 Å². The molecule has 8 heteroatoms. The number of fused-ring (bicyclic) bond motifs is 1. The van der Waals surface area contributed by atoms with E-state index in [4.69, 9.17) is 5.21 Å². The summed E-state index contributed by atoms with van der Waals surface area (Å²) in [5.74, 6) is 0.000666. The summed E-state index contributed by atoms with van der Waals surface area (Å²) < 4.78 is 26.9. The molecule has 0 radical (unpaired) electrons. The van der Waals surface area contributed by atoms with Crippen LogP contribution in [0, 0.1) is 4.91 Å². The van der Waals surface area contributed by atoms with E-state index in [1.54, 1.807) is 12.1 Å². The van der Waals surface area contributed by atoms with Crippen LogP contribution in [0.1, 0.15) is 29.5 Å². The summed E-state index contributed by atoms with van der Waals surface area (Å²) in [7, 11) is -3.31. The molecule has 0 amide bonds. The summed E-state index contributed by atoms with van der Waals surface area (Å²) in [6.07, 6.45) is 2.56. The van der Waals surface area contributed by atoms with Crippen molar-refractivity contribution in [3.05, 3.63) is 70.1 Å². The molecule has 0 unspecified atom stereocenters. The Balaban J connectivity index is 1.40. The lowest BCUT2D eigenvalue weighted by Gasteiger charge is -2.28. The van der Waals surface area contributed by atoms with Crippen molar-refractivity contribution in [1.29, 1.82) is 0 Å². The van der Waals surface area contributed by atoms with Gasteiger partial charge in [0, 0.05) is 31.8 Å². The largest absolute Gasteiger partial charge is 0.316 e. The van der Waals surface area contributed by atoms with Gasteiger partial charge in [0.1, 0.15) is 0 Å². The Morgan fingerprint density at radius 2 is 1.86 bits per heavy atom. The molecule has 7 nitrogen and oxygen atoms in total. The number of hydrogen-bond donors (Lipinski definition) is 2. The molecule has 0 aliphatic carbocycles. The van der Waals surface area contributed by atoms with Crippen molar-refractivity contribution in [2.45, 2.75) is 31.6 Å². The third kappa shape index (κ3) is 5.85. The van der Waals surface area contributed by atoms with E-state index in [1.165, 1.54) is 5.56 Å². The standard InChI is InChI=1S/C20H26N3O4S/c24-23(25)20-9-8-18-10-13-22(15-19(18)14-20)12-5-4-11-21-28(26,27)16-17-6-2-1-3-7-17/h1-3,6-9,14,21H,4-5,10-13,15-16H2,(H,24,25)/q+1. The molecule has 0 spiro atoms. The molecule has 3 rings (SSSR count). The van der Waals surface area contributed by atoms with Crippen LogP contribution in [0.3, 0.4) is 0 Å². The minimum absolute atomic E-state index is 0.000666. The van der Waals surface area contributed by atoms with Crippen LogP contribution in [0.4, 0.5) is 5.69 Å². The van der Waals surface area contributed by atoms with Crippen molar-refractivity contribution >= 4 is 15.7 Å². The smallest absolute Gasteiger partial charge is 0.299 e. The van der Waals surface area contributed by atoms with Crippen LogP contribution in [0.25, 0.3) is 0 Å². The van der Waals surface area contributed by atoms with Crippen molar-refractivity contribution < 1.29 is 18.5 Å². The first-order chi connectivity index (χ1) is 13.4. The molecule has 150 valence electrons. The molecule has 28 heavy (non-hydrogen) atoms. The number of benzene rings is 2. The van der Waals surface area contributed by atoms with Gasteiger partial charge in [-0.05, 0) is 42.5 Å². The normalized spacial score (nSPS) is 14.6. The summed E-state index contributed by atoms with van der Waals surface area (Å²) >= 11 is 0. The second-order valence-electron chi connectivity index (χ2n) is 7.10. The second kappa shape index (κ2) is 9.27. The quantitative estimate of drug-likeness (QED) is 0.495. The molecule has 0 atom stereocenters. The van der Waals surface area contributed by atoms with Crippen molar-refractivity contribution in [3.63, 3.8) is 0 Å². The highest BCUT2D eigenvalue weighted by atomic mass is 32.2. The van der Waals surface area contributed by atoms with Crippen molar-refractivity contribution in [2.75, 3.05) is 19.6 Å². The van der Waals surface area contributed by atoms with Crippen LogP contribution in [-0.2, 0) is 28.7 Å². The Labute approximate surface area is 165 Å². The second-order valence-corrected chi connectivity index (χ2v) is 8.91. The van der Waals surface area contributed by atoms with E-state index in [0.29, 0.717) is 6.54 Å². The molecular formula is C20H26N3O4S+. The van der Waals surface area contributed by atoms with Gasteiger partial charge in [-0.25, -0.2) is 18.3 Å². The fourth-order valence-corrected chi connectivity index (χ4v) is 4.63. The van der Waals surface area contributed by atoms with E-state index >= 15 is 0 Å². The highest BCUT2D eigenvalue weighted by Gasteiger charge is 2.20. The van der Waals surface area contributed by atoms with Gasteiger partial charge in [0.25, 0.3) is 4.92 Å². The van der Waals surface area contributed by atoms with Gasteiger partial charge < -0.3 is 0 Å². The fraction of sp³-hybridized carbons (Fsp3) is 0.400. The Morgan fingerprint density at radius 3 is 2.61 bits per heavy atom. The maximum Gasteiger partial charge on any atom is 0.316 e. The highest BCUT2D eigenvalue weighted by Crippen LogP contribution is 2.23. The van der Waals surface area contributed by atoms with Crippen molar-refractivity contribution in [2.24, 2.45) is 0 Å². The average Bonchev–Trinajstić information content (AvgIpc) is 2.67. The molecule has 1 heterocycles. The number of nitrogens with one attached hydrogen (secondary N) is 1. The van der Waals surface area contributed by atoms with E-state index in [9.17, 15) is 13.3 Å². The number of hydrogen-bond acceptors (Lipinski definition) is 4. The molecule has 1 aliphatic rings. The lowest BCUT2D eigenvalue weighted by atomic mass is 9.99. The molecule has 0 saturated carbocycles. The minimum atomic E-state index is -3.31. The minimum Gasteiger partial charge on any atom is -0.299 e. The summed E-state index contributed by atoms with van der Waals surface area (Å²) in [5.41, 5.74) is 3.28. The average molecular weight is 405 g/mol. The van der Waals surface area contributed by atoms with E-state index in [0.717, 1.165) is 50.0 Å². The molecule has 0 saturated heterocycles. The van der Waals surface area contributed by atoms with E-state index < -0.39 is 10.0 Å². The molecule has 0 bridgehead atoms. The van der Waals surface area contributed by atoms with Crippen LogP contribution in [-0.4, -0.2) is 43.1 Å². The van der Waals surface area contributed by atoms with E-state index in [-0.39, 0.29) is 16.4 Å². The third-order valence-corrected chi connectivity index (χ3v) is 6.28. The Hall–Kier alpha value is -2.29. The lowest BCUT2D eigenvalue weighted by Crippen LogP contribution is -2.32. The molecular weight excluding hydrogens is 378 g/mol. The molecule has 2 aromatic carbocycles. The molecule has 1 aliphatic heterocycles. The number of nitrogens with zero attached hydrogens (tertiary/aromatic N) is 2. The van der Waals surface area contributed by atoms with E-state index in [1.807, 2.05) is 36.4 Å². The zero-order valence-corrected chi connectivity index (χ0v) is 16.6. The SMILES string of the molecule is O=[N+](O)c1ccc2c(c1)CN(CCCCNS(=O)(=O)Cc1ccccc1)CC2. The fourth-order valence-electron chi connectivity index (χ4n) is 3.44. The Bertz CT molecular complexity index is 916. The number of unbranched alkanes of at least 4 members (excludes halogenated alkanes) is 1. The van der Waals surface area contributed by atoms with Crippen LogP contribution in [0.5, 0.6) is 0 Å². The molecule has 0 fully saturated rings. The number of rotatable bonds is 9. The van der Waals surface area contributed by atoms with Crippen LogP contribution < -0.4 is 4.72 Å². The van der Waals surface area contributed by atoms with Crippen molar-refractivity contribution in [1.82, 2.24) is 9.62 Å². The van der Waals surface area contributed by atoms with Crippen molar-refractivity contribution in [3.8, 4) is 0 Å². The topological polar surface area (TPSA) is 89.7 Å². The molecule has 2 N–H and O–H groups in total. The number of sulfonamides is 1. The maximum atomic E-state index is 12.1.